The summed E-state index contributed by atoms with van der Waals surface area (Å²) >= 11 is 0. The van der Waals surface area contributed by atoms with Gasteiger partial charge in [0.15, 0.2) is 6.10 Å². The average molecular weight is 220 g/mol. The Balaban J connectivity index is 3.14. The van der Waals surface area contributed by atoms with Gasteiger partial charge < -0.3 is 10.0 Å². The van der Waals surface area contributed by atoms with Gasteiger partial charge in [0.05, 0.1) is 0 Å². The van der Waals surface area contributed by atoms with Gasteiger partial charge in [0.25, 0.3) is 0 Å². The monoisotopic (exact) mass is 220 g/mol. The summed E-state index contributed by atoms with van der Waals surface area (Å²) in [7, 11) is 3.13. The third kappa shape index (κ3) is 2.59. The van der Waals surface area contributed by atoms with Crippen molar-refractivity contribution in [3.8, 4) is 0 Å². The molecule has 1 heterocycles. The maximum atomic E-state index is 12.3. The molecule has 1 rings (SSSR count). The molecule has 0 bridgehead atoms. The summed E-state index contributed by atoms with van der Waals surface area (Å²) in [5.74, 6) is 0.113. The quantitative estimate of drug-likeness (QED) is 0.824. The highest BCUT2D eigenvalue weighted by molar-refractivity contribution is 5.46. The molecule has 3 nitrogen and oxygen atoms in total. The highest BCUT2D eigenvalue weighted by atomic mass is 19.4. The second kappa shape index (κ2) is 4.06. The molecule has 1 aromatic heterocycles. The van der Waals surface area contributed by atoms with Crippen LogP contribution in [0.2, 0.25) is 0 Å². The van der Waals surface area contributed by atoms with E-state index >= 15 is 0 Å². The molecule has 0 fully saturated rings. The van der Waals surface area contributed by atoms with Crippen LogP contribution in [0.1, 0.15) is 11.7 Å². The van der Waals surface area contributed by atoms with Crippen LogP contribution < -0.4 is 4.90 Å². The van der Waals surface area contributed by atoms with E-state index in [0.717, 1.165) is 0 Å². The van der Waals surface area contributed by atoms with Crippen LogP contribution in [0.15, 0.2) is 18.3 Å². The van der Waals surface area contributed by atoms with Gasteiger partial charge in [-0.2, -0.15) is 13.2 Å². The molecule has 1 aromatic rings. The van der Waals surface area contributed by atoms with E-state index in [-0.39, 0.29) is 11.4 Å². The maximum Gasteiger partial charge on any atom is 0.418 e. The number of pyridine rings is 1. The lowest BCUT2D eigenvalue weighted by Crippen LogP contribution is -2.23. The van der Waals surface area contributed by atoms with E-state index in [1.165, 1.54) is 23.2 Å². The van der Waals surface area contributed by atoms with Gasteiger partial charge in [-0.3, -0.25) is 0 Å². The van der Waals surface area contributed by atoms with Crippen LogP contribution in [0.4, 0.5) is 19.0 Å². The number of anilines is 1. The zero-order chi connectivity index (χ0) is 11.6. The molecule has 0 aromatic carbocycles. The van der Waals surface area contributed by atoms with E-state index < -0.39 is 12.3 Å². The van der Waals surface area contributed by atoms with Gasteiger partial charge in [0.2, 0.25) is 0 Å². The number of hydrogen-bond acceptors (Lipinski definition) is 3. The number of hydrogen-bond donors (Lipinski definition) is 1. The number of aromatic nitrogens is 1. The zero-order valence-corrected chi connectivity index (χ0v) is 8.28. The fraction of sp³-hybridized carbons (Fsp3) is 0.444. The normalized spacial score (nSPS) is 13.7. The van der Waals surface area contributed by atoms with Crippen LogP contribution in [-0.4, -0.2) is 30.4 Å². The first-order valence-corrected chi connectivity index (χ1v) is 4.21. The van der Waals surface area contributed by atoms with Gasteiger partial charge >= 0.3 is 6.18 Å². The topological polar surface area (TPSA) is 36.4 Å². The predicted molar refractivity (Wildman–Crippen MR) is 49.6 cm³/mol. The summed E-state index contributed by atoms with van der Waals surface area (Å²) < 4.78 is 36.8. The molecule has 6 heteroatoms. The number of alkyl halides is 3. The highest BCUT2D eigenvalue weighted by Crippen LogP contribution is 2.35. The van der Waals surface area contributed by atoms with E-state index in [2.05, 4.69) is 4.98 Å². The van der Waals surface area contributed by atoms with Crippen molar-refractivity contribution in [3.05, 3.63) is 23.9 Å². The first kappa shape index (κ1) is 11.8. The molecule has 0 aliphatic rings. The van der Waals surface area contributed by atoms with Crippen LogP contribution in [0.5, 0.6) is 0 Å². The largest absolute Gasteiger partial charge is 0.418 e. The van der Waals surface area contributed by atoms with E-state index in [0.29, 0.717) is 0 Å². The van der Waals surface area contributed by atoms with Gasteiger partial charge in [-0.1, -0.05) is 6.07 Å². The molecule has 1 N–H and O–H groups in total. The second-order valence-corrected chi connectivity index (χ2v) is 3.25. The van der Waals surface area contributed by atoms with Crippen molar-refractivity contribution in [2.24, 2.45) is 0 Å². The molecule has 1 atom stereocenters. The lowest BCUT2D eigenvalue weighted by molar-refractivity contribution is -0.206. The molecule has 84 valence electrons. The SMILES string of the molecule is CN(C)c1ncccc1C(O)C(F)(F)F. The molecule has 15 heavy (non-hydrogen) atoms. The van der Waals surface area contributed by atoms with E-state index in [1.807, 2.05) is 0 Å². The Morgan fingerprint density at radius 3 is 2.47 bits per heavy atom. The Kier molecular flexibility index (Phi) is 3.18. The molecule has 0 aliphatic heterocycles. The minimum atomic E-state index is -4.67. The van der Waals surface area contributed by atoms with Crippen LogP contribution in [0.25, 0.3) is 0 Å². The minimum absolute atomic E-state index is 0.113. The summed E-state index contributed by atoms with van der Waals surface area (Å²) in [6, 6.07) is 2.57. The lowest BCUT2D eigenvalue weighted by Gasteiger charge is -2.20. The summed E-state index contributed by atoms with van der Waals surface area (Å²) in [6.45, 7) is 0. The van der Waals surface area contributed by atoms with Gasteiger partial charge in [-0.05, 0) is 6.07 Å². The summed E-state index contributed by atoms with van der Waals surface area (Å²) in [5, 5.41) is 9.10. The number of nitrogens with zero attached hydrogens (tertiary/aromatic N) is 2. The number of rotatable bonds is 2. The molecular formula is C9H11F3N2O. The van der Waals surface area contributed by atoms with Crippen molar-refractivity contribution in [1.82, 2.24) is 4.98 Å². The third-order valence-corrected chi connectivity index (χ3v) is 1.85. The predicted octanol–water partition coefficient (Wildman–Crippen LogP) is 1.74. The zero-order valence-electron chi connectivity index (χ0n) is 8.28. The molecule has 0 saturated heterocycles. The Labute approximate surface area is 85.2 Å². The highest BCUT2D eigenvalue weighted by Gasteiger charge is 2.41. The van der Waals surface area contributed by atoms with Gasteiger partial charge in [0.1, 0.15) is 5.82 Å². The Morgan fingerprint density at radius 2 is 2.00 bits per heavy atom. The molecule has 0 aliphatic carbocycles. The smallest absolute Gasteiger partial charge is 0.379 e. The fourth-order valence-electron chi connectivity index (χ4n) is 1.17. The number of halogens is 3. The molecular weight excluding hydrogens is 209 g/mol. The van der Waals surface area contributed by atoms with E-state index in [9.17, 15) is 13.2 Å². The van der Waals surface area contributed by atoms with Crippen LogP contribution in [-0.2, 0) is 0 Å². The molecule has 1 unspecified atom stereocenters. The van der Waals surface area contributed by atoms with Crippen LogP contribution >= 0.6 is 0 Å². The Bertz CT molecular complexity index is 338. The van der Waals surface area contributed by atoms with Crippen molar-refractivity contribution >= 4 is 5.82 Å². The van der Waals surface area contributed by atoms with Crippen molar-refractivity contribution in [3.63, 3.8) is 0 Å². The molecule has 0 saturated carbocycles. The van der Waals surface area contributed by atoms with Crippen molar-refractivity contribution in [2.75, 3.05) is 19.0 Å². The fourth-order valence-corrected chi connectivity index (χ4v) is 1.17. The molecule has 0 spiro atoms. The number of aliphatic hydroxyl groups is 1. The van der Waals surface area contributed by atoms with Gasteiger partial charge in [0, 0.05) is 25.9 Å². The van der Waals surface area contributed by atoms with Crippen molar-refractivity contribution < 1.29 is 18.3 Å². The van der Waals surface area contributed by atoms with E-state index in [4.69, 9.17) is 5.11 Å². The van der Waals surface area contributed by atoms with E-state index in [1.54, 1.807) is 14.1 Å². The summed E-state index contributed by atoms with van der Waals surface area (Å²) in [5.41, 5.74) is -0.241. The summed E-state index contributed by atoms with van der Waals surface area (Å²) in [6.07, 6.45) is -5.79. The third-order valence-electron chi connectivity index (χ3n) is 1.85. The number of aliphatic hydroxyl groups excluding tert-OH is 1. The second-order valence-electron chi connectivity index (χ2n) is 3.25. The molecule has 0 amide bonds. The first-order valence-electron chi connectivity index (χ1n) is 4.21. The molecule has 0 radical (unpaired) electrons. The van der Waals surface area contributed by atoms with Crippen molar-refractivity contribution in [1.29, 1.82) is 0 Å². The lowest BCUT2D eigenvalue weighted by atomic mass is 10.1. The standard InChI is InChI=1S/C9H11F3N2O/c1-14(2)8-6(4-3-5-13-8)7(15)9(10,11)12/h3-5,7,15H,1-2H3. The van der Waals surface area contributed by atoms with Crippen LogP contribution in [0.3, 0.4) is 0 Å². The van der Waals surface area contributed by atoms with Crippen molar-refractivity contribution in [2.45, 2.75) is 12.3 Å². The summed E-state index contributed by atoms with van der Waals surface area (Å²) in [4.78, 5) is 5.20. The Morgan fingerprint density at radius 1 is 1.40 bits per heavy atom. The van der Waals surface area contributed by atoms with Crippen LogP contribution in [0, 0.1) is 0 Å². The average Bonchev–Trinajstić information content (AvgIpc) is 2.15. The van der Waals surface area contributed by atoms with Gasteiger partial charge in [-0.25, -0.2) is 4.98 Å². The van der Waals surface area contributed by atoms with Gasteiger partial charge in [-0.15, -0.1) is 0 Å². The Hall–Kier alpha value is -1.30. The minimum Gasteiger partial charge on any atom is -0.379 e. The first-order chi connectivity index (χ1) is 6.84. The maximum absolute atomic E-state index is 12.3.